The first-order valence-electron chi connectivity index (χ1n) is 5.03. The van der Waals surface area contributed by atoms with Crippen LogP contribution < -0.4 is 10.6 Å². The number of amides is 2. The summed E-state index contributed by atoms with van der Waals surface area (Å²) in [6.07, 6.45) is 1.45. The molecule has 0 unspecified atom stereocenters. The smallest absolute Gasteiger partial charge is 0.320 e. The van der Waals surface area contributed by atoms with Gasteiger partial charge in [-0.15, -0.1) is 0 Å². The van der Waals surface area contributed by atoms with E-state index in [-0.39, 0.29) is 11.2 Å². The molecule has 17 heavy (non-hydrogen) atoms. The van der Waals surface area contributed by atoms with Crippen LogP contribution in [0.5, 0.6) is 0 Å². The van der Waals surface area contributed by atoms with E-state index in [1.54, 1.807) is 12.1 Å². The molecule has 0 spiro atoms. The number of rotatable bonds is 2. The number of carbonyl (C=O) groups excluding carboxylic acids is 1. The fourth-order valence-corrected chi connectivity index (χ4v) is 1.40. The largest absolute Gasteiger partial charge is 0.338 e. The van der Waals surface area contributed by atoms with E-state index in [4.69, 9.17) is 11.6 Å². The van der Waals surface area contributed by atoms with Gasteiger partial charge < -0.3 is 5.32 Å². The van der Waals surface area contributed by atoms with Gasteiger partial charge in [-0.3, -0.25) is 5.32 Å². The maximum Gasteiger partial charge on any atom is 0.320 e. The highest BCUT2D eigenvalue weighted by Gasteiger charge is 2.04. The van der Waals surface area contributed by atoms with E-state index < -0.39 is 0 Å². The van der Waals surface area contributed by atoms with Crippen LogP contribution in [0.1, 0.15) is 6.92 Å². The predicted molar refractivity (Wildman–Crippen MR) is 65.0 cm³/mol. The standard InChI is InChI=1S/C10H10ClN5O/c1-2-12-10(17)16-8-4-3-6-9(15-8)14-7(11)5-13-6/h3-5H,2H2,1H3,(H2,12,14,15,16,17). The molecular formula is C10H10ClN5O. The third-order valence-corrected chi connectivity index (χ3v) is 2.14. The minimum atomic E-state index is -0.311. The van der Waals surface area contributed by atoms with Gasteiger partial charge in [-0.05, 0) is 19.1 Å². The Morgan fingerprint density at radius 3 is 3.00 bits per heavy atom. The molecule has 0 saturated carbocycles. The van der Waals surface area contributed by atoms with E-state index in [2.05, 4.69) is 25.6 Å². The zero-order valence-electron chi connectivity index (χ0n) is 9.07. The number of carbonyl (C=O) groups is 1. The van der Waals surface area contributed by atoms with Gasteiger partial charge in [-0.1, -0.05) is 11.6 Å². The van der Waals surface area contributed by atoms with Gasteiger partial charge in [0.15, 0.2) is 5.65 Å². The highest BCUT2D eigenvalue weighted by molar-refractivity contribution is 6.29. The number of hydrogen-bond acceptors (Lipinski definition) is 4. The van der Waals surface area contributed by atoms with Gasteiger partial charge in [-0.2, -0.15) is 0 Å². The quantitative estimate of drug-likeness (QED) is 0.853. The first-order valence-corrected chi connectivity index (χ1v) is 5.41. The molecule has 0 radical (unpaired) electrons. The molecule has 0 atom stereocenters. The molecule has 0 fully saturated rings. The minimum absolute atomic E-state index is 0.264. The van der Waals surface area contributed by atoms with Gasteiger partial charge in [0.1, 0.15) is 16.5 Å². The van der Waals surface area contributed by atoms with Crippen LogP contribution >= 0.6 is 11.6 Å². The van der Waals surface area contributed by atoms with Crippen LogP contribution in [0.4, 0.5) is 10.6 Å². The summed E-state index contributed by atoms with van der Waals surface area (Å²) < 4.78 is 0. The lowest BCUT2D eigenvalue weighted by Crippen LogP contribution is -2.28. The Kier molecular flexibility index (Phi) is 3.34. The predicted octanol–water partition coefficient (Wildman–Crippen LogP) is 1.82. The van der Waals surface area contributed by atoms with E-state index in [1.165, 1.54) is 6.20 Å². The van der Waals surface area contributed by atoms with E-state index in [0.29, 0.717) is 23.5 Å². The van der Waals surface area contributed by atoms with E-state index in [0.717, 1.165) is 0 Å². The van der Waals surface area contributed by atoms with Crippen molar-refractivity contribution in [2.45, 2.75) is 6.92 Å². The second kappa shape index (κ2) is 4.92. The average molecular weight is 252 g/mol. The van der Waals surface area contributed by atoms with E-state index in [1.807, 2.05) is 6.92 Å². The van der Waals surface area contributed by atoms with Crippen molar-refractivity contribution in [3.63, 3.8) is 0 Å². The van der Waals surface area contributed by atoms with Crippen LogP contribution in [0.15, 0.2) is 18.3 Å². The van der Waals surface area contributed by atoms with Crippen LogP contribution in [-0.2, 0) is 0 Å². The average Bonchev–Trinajstić information content (AvgIpc) is 2.28. The first kappa shape index (κ1) is 11.5. The maximum absolute atomic E-state index is 11.3. The Bertz CT molecular complexity index is 559. The molecule has 2 heterocycles. The molecule has 0 aromatic carbocycles. The Hall–Kier alpha value is -1.95. The normalized spacial score (nSPS) is 10.2. The van der Waals surface area contributed by atoms with Crippen molar-refractivity contribution in [2.75, 3.05) is 11.9 Å². The summed E-state index contributed by atoms with van der Waals surface area (Å²) in [5, 5.41) is 5.45. The molecule has 0 bridgehead atoms. The van der Waals surface area contributed by atoms with Crippen LogP contribution in [0.3, 0.4) is 0 Å². The van der Waals surface area contributed by atoms with Crippen molar-refractivity contribution in [1.29, 1.82) is 0 Å². The van der Waals surface area contributed by atoms with Crippen molar-refractivity contribution in [1.82, 2.24) is 20.3 Å². The molecule has 0 aliphatic carbocycles. The lowest BCUT2D eigenvalue weighted by atomic mass is 10.4. The number of urea groups is 1. The summed E-state index contributed by atoms with van der Waals surface area (Å²) >= 11 is 5.71. The van der Waals surface area contributed by atoms with Gasteiger partial charge in [0.2, 0.25) is 0 Å². The number of fused-ring (bicyclic) bond motifs is 1. The van der Waals surface area contributed by atoms with Crippen molar-refractivity contribution >= 4 is 34.6 Å². The molecule has 6 nitrogen and oxygen atoms in total. The highest BCUT2D eigenvalue weighted by atomic mass is 35.5. The third-order valence-electron chi connectivity index (χ3n) is 1.96. The second-order valence-electron chi connectivity index (χ2n) is 3.22. The van der Waals surface area contributed by atoms with Crippen LogP contribution in [0.25, 0.3) is 11.2 Å². The third kappa shape index (κ3) is 2.79. The second-order valence-corrected chi connectivity index (χ2v) is 3.60. The summed E-state index contributed by atoms with van der Waals surface area (Å²) in [6, 6.07) is 3.06. The molecule has 2 aromatic rings. The van der Waals surface area contributed by atoms with Gasteiger partial charge in [0, 0.05) is 6.54 Å². The Morgan fingerprint density at radius 1 is 1.41 bits per heavy atom. The van der Waals surface area contributed by atoms with Gasteiger partial charge in [-0.25, -0.2) is 19.7 Å². The number of pyridine rings is 1. The molecule has 0 aliphatic heterocycles. The van der Waals surface area contributed by atoms with Gasteiger partial charge >= 0.3 is 6.03 Å². The number of hydrogen-bond donors (Lipinski definition) is 2. The summed E-state index contributed by atoms with van der Waals surface area (Å²) in [5.41, 5.74) is 1.02. The number of anilines is 1. The van der Waals surface area contributed by atoms with Crippen molar-refractivity contribution < 1.29 is 4.79 Å². The summed E-state index contributed by atoms with van der Waals surface area (Å²) in [4.78, 5) is 23.5. The number of halogens is 1. The highest BCUT2D eigenvalue weighted by Crippen LogP contribution is 2.13. The van der Waals surface area contributed by atoms with Crippen molar-refractivity contribution in [2.24, 2.45) is 0 Å². The first-order chi connectivity index (χ1) is 8.19. The zero-order chi connectivity index (χ0) is 12.3. The van der Waals surface area contributed by atoms with E-state index in [9.17, 15) is 4.79 Å². The lowest BCUT2D eigenvalue weighted by Gasteiger charge is -2.05. The van der Waals surface area contributed by atoms with E-state index >= 15 is 0 Å². The lowest BCUT2D eigenvalue weighted by molar-refractivity contribution is 0.252. The zero-order valence-corrected chi connectivity index (χ0v) is 9.82. The monoisotopic (exact) mass is 251 g/mol. The van der Waals surface area contributed by atoms with Crippen LogP contribution in [0.2, 0.25) is 5.15 Å². The molecule has 88 valence electrons. The van der Waals surface area contributed by atoms with Crippen LogP contribution in [-0.4, -0.2) is 27.5 Å². The van der Waals surface area contributed by atoms with Crippen LogP contribution in [0, 0.1) is 0 Å². The Morgan fingerprint density at radius 2 is 2.24 bits per heavy atom. The molecule has 2 rings (SSSR count). The molecule has 2 amide bonds. The Labute approximate surface area is 102 Å². The van der Waals surface area contributed by atoms with Crippen molar-refractivity contribution in [3.05, 3.63) is 23.5 Å². The van der Waals surface area contributed by atoms with Crippen molar-refractivity contribution in [3.8, 4) is 0 Å². The molecule has 0 aliphatic rings. The minimum Gasteiger partial charge on any atom is -0.338 e. The Balaban J connectivity index is 2.27. The van der Waals surface area contributed by atoms with Gasteiger partial charge in [0.05, 0.1) is 6.20 Å². The summed E-state index contributed by atoms with van der Waals surface area (Å²) in [5.74, 6) is 0.403. The molecule has 0 saturated heterocycles. The number of nitrogens with zero attached hydrogens (tertiary/aromatic N) is 3. The fourth-order valence-electron chi connectivity index (χ4n) is 1.27. The topological polar surface area (TPSA) is 79.8 Å². The molecule has 7 heteroatoms. The fraction of sp³-hybridized carbons (Fsp3) is 0.200. The molecule has 2 aromatic heterocycles. The summed E-state index contributed by atoms with van der Waals surface area (Å²) in [7, 11) is 0. The molecular weight excluding hydrogens is 242 g/mol. The SMILES string of the molecule is CCNC(=O)Nc1ccc2ncc(Cl)nc2n1. The number of nitrogens with one attached hydrogen (secondary N) is 2. The van der Waals surface area contributed by atoms with Gasteiger partial charge in [0.25, 0.3) is 0 Å². The number of aromatic nitrogens is 3. The molecule has 2 N–H and O–H groups in total. The summed E-state index contributed by atoms with van der Waals surface area (Å²) in [6.45, 7) is 2.38. The maximum atomic E-state index is 11.3.